The zero-order valence-corrected chi connectivity index (χ0v) is 11.4. The molecule has 1 saturated carbocycles. The second kappa shape index (κ2) is 6.41. The van der Waals surface area contributed by atoms with Crippen LogP contribution in [0.3, 0.4) is 0 Å². The van der Waals surface area contributed by atoms with Crippen LogP contribution in [-0.4, -0.2) is 24.9 Å². The Bertz CT molecular complexity index is 391. The molecule has 4 heteroatoms. The highest BCUT2D eigenvalue weighted by molar-refractivity contribution is 6.31. The molecule has 1 atom stereocenters. The van der Waals surface area contributed by atoms with Crippen LogP contribution in [0.5, 0.6) is 5.75 Å². The molecule has 0 aromatic heterocycles. The molecule has 0 heterocycles. The lowest BCUT2D eigenvalue weighted by molar-refractivity contribution is 0.229. The number of rotatable bonds is 5. The predicted molar refractivity (Wildman–Crippen MR) is 73.2 cm³/mol. The summed E-state index contributed by atoms with van der Waals surface area (Å²) < 4.78 is 5.34. The first-order chi connectivity index (χ1) is 8.76. The summed E-state index contributed by atoms with van der Waals surface area (Å²) in [5, 5.41) is 13.7. The SMILES string of the molecule is COc1cccc(Cl)c1C(CO)NC1CCCC1. The minimum Gasteiger partial charge on any atom is -0.496 e. The van der Waals surface area contributed by atoms with Gasteiger partial charge in [0.1, 0.15) is 5.75 Å². The Morgan fingerprint density at radius 1 is 1.44 bits per heavy atom. The molecular formula is C14H20ClNO2. The van der Waals surface area contributed by atoms with E-state index in [1.807, 2.05) is 18.2 Å². The predicted octanol–water partition coefficient (Wildman–Crippen LogP) is 2.91. The minimum atomic E-state index is -0.156. The van der Waals surface area contributed by atoms with E-state index >= 15 is 0 Å². The van der Waals surface area contributed by atoms with Gasteiger partial charge < -0.3 is 15.2 Å². The van der Waals surface area contributed by atoms with E-state index in [1.54, 1.807) is 7.11 Å². The summed E-state index contributed by atoms with van der Waals surface area (Å²) in [6, 6.07) is 5.88. The first kappa shape index (κ1) is 13.7. The zero-order chi connectivity index (χ0) is 13.0. The first-order valence-corrected chi connectivity index (χ1v) is 6.83. The molecule has 0 bridgehead atoms. The summed E-state index contributed by atoms with van der Waals surface area (Å²) in [4.78, 5) is 0. The maximum atomic E-state index is 9.61. The van der Waals surface area contributed by atoms with Gasteiger partial charge in [0.15, 0.2) is 0 Å². The van der Waals surface area contributed by atoms with Crippen LogP contribution in [0, 0.1) is 0 Å². The molecule has 1 aromatic rings. The van der Waals surface area contributed by atoms with Crippen LogP contribution < -0.4 is 10.1 Å². The van der Waals surface area contributed by atoms with E-state index in [1.165, 1.54) is 25.7 Å². The molecule has 1 unspecified atom stereocenters. The third-order valence-electron chi connectivity index (χ3n) is 3.56. The Balaban J connectivity index is 2.20. The van der Waals surface area contributed by atoms with E-state index in [0.717, 1.165) is 11.3 Å². The second-order valence-electron chi connectivity index (χ2n) is 4.74. The Kier molecular flexibility index (Phi) is 4.87. The summed E-state index contributed by atoms with van der Waals surface area (Å²) in [5.41, 5.74) is 0.857. The lowest BCUT2D eigenvalue weighted by Crippen LogP contribution is -2.33. The fraction of sp³-hybridized carbons (Fsp3) is 0.571. The van der Waals surface area contributed by atoms with Crippen molar-refractivity contribution in [3.8, 4) is 5.75 Å². The minimum absolute atomic E-state index is 0.0244. The lowest BCUT2D eigenvalue weighted by atomic mass is 10.0. The molecule has 0 spiro atoms. The van der Waals surface area contributed by atoms with Gasteiger partial charge in [-0.2, -0.15) is 0 Å². The van der Waals surface area contributed by atoms with Crippen molar-refractivity contribution < 1.29 is 9.84 Å². The van der Waals surface area contributed by atoms with Crippen molar-refractivity contribution in [2.45, 2.75) is 37.8 Å². The van der Waals surface area contributed by atoms with Crippen molar-refractivity contribution in [3.05, 3.63) is 28.8 Å². The van der Waals surface area contributed by atoms with Gasteiger partial charge in [-0.25, -0.2) is 0 Å². The quantitative estimate of drug-likeness (QED) is 0.864. The van der Waals surface area contributed by atoms with Gasteiger partial charge in [-0.15, -0.1) is 0 Å². The molecule has 100 valence electrons. The number of hydrogen-bond donors (Lipinski definition) is 2. The van der Waals surface area contributed by atoms with Crippen molar-refractivity contribution in [2.24, 2.45) is 0 Å². The van der Waals surface area contributed by atoms with Gasteiger partial charge >= 0.3 is 0 Å². The number of aliphatic hydroxyl groups excluding tert-OH is 1. The molecule has 0 saturated heterocycles. The zero-order valence-electron chi connectivity index (χ0n) is 10.7. The van der Waals surface area contributed by atoms with Gasteiger partial charge in [-0.05, 0) is 25.0 Å². The van der Waals surface area contributed by atoms with Crippen LogP contribution >= 0.6 is 11.6 Å². The molecule has 18 heavy (non-hydrogen) atoms. The maximum absolute atomic E-state index is 9.61. The van der Waals surface area contributed by atoms with Gasteiger partial charge in [-0.3, -0.25) is 0 Å². The fourth-order valence-corrected chi connectivity index (χ4v) is 2.94. The average molecular weight is 270 g/mol. The molecule has 2 rings (SSSR count). The molecule has 1 aromatic carbocycles. The number of benzene rings is 1. The van der Waals surface area contributed by atoms with Crippen LogP contribution in [0.25, 0.3) is 0 Å². The summed E-state index contributed by atoms with van der Waals surface area (Å²) in [5.74, 6) is 0.729. The van der Waals surface area contributed by atoms with Gasteiger partial charge in [0.2, 0.25) is 0 Å². The monoisotopic (exact) mass is 269 g/mol. The highest BCUT2D eigenvalue weighted by Gasteiger charge is 2.23. The number of halogens is 1. The average Bonchev–Trinajstić information content (AvgIpc) is 2.89. The van der Waals surface area contributed by atoms with E-state index < -0.39 is 0 Å². The number of aliphatic hydroxyl groups is 1. The Morgan fingerprint density at radius 2 is 2.17 bits per heavy atom. The van der Waals surface area contributed by atoms with Crippen LogP contribution in [0.4, 0.5) is 0 Å². The molecule has 3 nitrogen and oxygen atoms in total. The van der Waals surface area contributed by atoms with E-state index in [0.29, 0.717) is 11.1 Å². The van der Waals surface area contributed by atoms with Crippen molar-refractivity contribution in [1.29, 1.82) is 0 Å². The van der Waals surface area contributed by atoms with Gasteiger partial charge in [0, 0.05) is 16.6 Å². The Morgan fingerprint density at radius 3 is 2.78 bits per heavy atom. The van der Waals surface area contributed by atoms with Gasteiger partial charge in [0.05, 0.1) is 19.8 Å². The molecular weight excluding hydrogens is 250 g/mol. The van der Waals surface area contributed by atoms with Crippen molar-refractivity contribution in [3.63, 3.8) is 0 Å². The van der Waals surface area contributed by atoms with Gasteiger partial charge in [0.25, 0.3) is 0 Å². The number of hydrogen-bond acceptors (Lipinski definition) is 3. The molecule has 1 fully saturated rings. The van der Waals surface area contributed by atoms with E-state index in [4.69, 9.17) is 16.3 Å². The highest BCUT2D eigenvalue weighted by Crippen LogP contribution is 2.33. The largest absolute Gasteiger partial charge is 0.496 e. The highest BCUT2D eigenvalue weighted by atomic mass is 35.5. The topological polar surface area (TPSA) is 41.5 Å². The third kappa shape index (κ3) is 2.97. The van der Waals surface area contributed by atoms with Gasteiger partial charge in [-0.1, -0.05) is 30.5 Å². The summed E-state index contributed by atoms with van der Waals surface area (Å²) >= 11 is 6.24. The maximum Gasteiger partial charge on any atom is 0.125 e. The summed E-state index contributed by atoms with van der Waals surface area (Å²) in [6.45, 7) is 0.0244. The summed E-state index contributed by atoms with van der Waals surface area (Å²) in [6.07, 6.45) is 4.86. The second-order valence-corrected chi connectivity index (χ2v) is 5.15. The van der Waals surface area contributed by atoms with E-state index in [2.05, 4.69) is 5.32 Å². The van der Waals surface area contributed by atoms with Crippen molar-refractivity contribution >= 4 is 11.6 Å². The molecule has 1 aliphatic carbocycles. The van der Waals surface area contributed by atoms with Crippen molar-refractivity contribution in [2.75, 3.05) is 13.7 Å². The molecule has 0 amide bonds. The standard InChI is InChI=1S/C14H20ClNO2/c1-18-13-8-4-7-11(15)14(13)12(9-17)16-10-5-2-3-6-10/h4,7-8,10,12,16-17H,2-3,5-6,9H2,1H3. The Hall–Kier alpha value is -0.770. The number of ether oxygens (including phenoxy) is 1. The third-order valence-corrected chi connectivity index (χ3v) is 3.89. The lowest BCUT2D eigenvalue weighted by Gasteiger charge is -2.24. The molecule has 2 N–H and O–H groups in total. The van der Waals surface area contributed by atoms with Crippen LogP contribution in [0.2, 0.25) is 5.02 Å². The fourth-order valence-electron chi connectivity index (χ4n) is 2.64. The smallest absolute Gasteiger partial charge is 0.125 e. The Labute approximate surface area is 113 Å². The van der Waals surface area contributed by atoms with Crippen molar-refractivity contribution in [1.82, 2.24) is 5.32 Å². The van der Waals surface area contributed by atoms with E-state index in [-0.39, 0.29) is 12.6 Å². The molecule has 0 aliphatic heterocycles. The van der Waals surface area contributed by atoms with Crippen LogP contribution in [0.1, 0.15) is 37.3 Å². The number of nitrogens with one attached hydrogen (secondary N) is 1. The number of methoxy groups -OCH3 is 1. The molecule has 1 aliphatic rings. The summed E-state index contributed by atoms with van der Waals surface area (Å²) in [7, 11) is 1.62. The van der Waals surface area contributed by atoms with Crippen LogP contribution in [-0.2, 0) is 0 Å². The van der Waals surface area contributed by atoms with Crippen LogP contribution in [0.15, 0.2) is 18.2 Å². The molecule has 0 radical (unpaired) electrons. The van der Waals surface area contributed by atoms with E-state index in [9.17, 15) is 5.11 Å². The first-order valence-electron chi connectivity index (χ1n) is 6.45. The normalized spacial score (nSPS) is 17.9.